The van der Waals surface area contributed by atoms with Crippen LogP contribution in [-0.4, -0.2) is 20.9 Å². The molecular weight excluding hydrogens is 389 g/mol. The molecule has 0 unspecified atom stereocenters. The Kier molecular flexibility index (Phi) is 5.08. The van der Waals surface area contributed by atoms with E-state index in [1.54, 1.807) is 12.1 Å². The predicted octanol–water partition coefficient (Wildman–Crippen LogP) is 2.74. The van der Waals surface area contributed by atoms with E-state index >= 15 is 0 Å². The number of nitrogens with one attached hydrogen (secondary N) is 1. The highest BCUT2D eigenvalue weighted by molar-refractivity contribution is 9.10. The van der Waals surface area contributed by atoms with Crippen molar-refractivity contribution in [2.24, 2.45) is 0 Å². The average Bonchev–Trinajstić information content (AvgIpc) is 2.97. The summed E-state index contributed by atoms with van der Waals surface area (Å²) >= 11 is 3.38. The molecule has 1 amide bonds. The molecule has 128 valence electrons. The Morgan fingerprint density at radius 3 is 2.44 bits per heavy atom. The van der Waals surface area contributed by atoms with Gasteiger partial charge < -0.3 is 11.1 Å². The molecule has 0 aliphatic heterocycles. The fourth-order valence-corrected chi connectivity index (χ4v) is 2.49. The smallest absolute Gasteiger partial charge is 0.275 e. The SMILES string of the molecule is Nc1c(C(=O)NCc2ccc(F)cc2)nnn1Cc1ccc(Br)cc1. The average molecular weight is 404 g/mol. The lowest BCUT2D eigenvalue weighted by Gasteiger charge is -2.05. The van der Waals surface area contributed by atoms with E-state index in [4.69, 9.17) is 5.73 Å². The summed E-state index contributed by atoms with van der Waals surface area (Å²) in [6.45, 7) is 0.662. The molecule has 0 aliphatic rings. The number of anilines is 1. The van der Waals surface area contributed by atoms with Gasteiger partial charge in [0.15, 0.2) is 11.5 Å². The summed E-state index contributed by atoms with van der Waals surface area (Å²) < 4.78 is 15.3. The van der Waals surface area contributed by atoms with Crippen LogP contribution in [0.4, 0.5) is 10.2 Å². The van der Waals surface area contributed by atoms with Crippen LogP contribution >= 0.6 is 15.9 Å². The first kappa shape index (κ1) is 17.1. The standard InChI is InChI=1S/C17H15BrFN5O/c18-13-5-1-12(2-6-13)10-24-16(20)15(22-23-24)17(25)21-9-11-3-7-14(19)8-4-11/h1-8H,9-10,20H2,(H,21,25). The largest absolute Gasteiger partial charge is 0.382 e. The van der Waals surface area contributed by atoms with E-state index in [1.165, 1.54) is 16.8 Å². The summed E-state index contributed by atoms with van der Waals surface area (Å²) in [4.78, 5) is 12.2. The van der Waals surface area contributed by atoms with Crippen LogP contribution in [0.3, 0.4) is 0 Å². The molecule has 3 N–H and O–H groups in total. The topological polar surface area (TPSA) is 85.8 Å². The van der Waals surface area contributed by atoms with Crippen LogP contribution in [0, 0.1) is 5.82 Å². The zero-order valence-corrected chi connectivity index (χ0v) is 14.7. The van der Waals surface area contributed by atoms with Gasteiger partial charge in [0.2, 0.25) is 0 Å². The van der Waals surface area contributed by atoms with Gasteiger partial charge in [-0.25, -0.2) is 9.07 Å². The van der Waals surface area contributed by atoms with Gasteiger partial charge in [-0.05, 0) is 35.4 Å². The molecule has 0 saturated heterocycles. The molecule has 0 saturated carbocycles. The molecule has 3 rings (SSSR count). The number of amides is 1. The molecule has 0 atom stereocenters. The Labute approximate surface area is 152 Å². The highest BCUT2D eigenvalue weighted by atomic mass is 79.9. The van der Waals surface area contributed by atoms with E-state index in [1.807, 2.05) is 24.3 Å². The Balaban J connectivity index is 1.66. The molecule has 3 aromatic rings. The molecule has 1 aromatic heterocycles. The number of aromatic nitrogens is 3. The third kappa shape index (κ3) is 4.21. The van der Waals surface area contributed by atoms with Gasteiger partial charge in [-0.3, -0.25) is 4.79 Å². The molecule has 6 nitrogen and oxygen atoms in total. The first-order valence-electron chi connectivity index (χ1n) is 7.49. The van der Waals surface area contributed by atoms with E-state index < -0.39 is 5.91 Å². The number of nitrogen functional groups attached to an aromatic ring is 1. The van der Waals surface area contributed by atoms with E-state index in [0.717, 1.165) is 15.6 Å². The van der Waals surface area contributed by atoms with Crippen LogP contribution in [-0.2, 0) is 13.1 Å². The fourth-order valence-electron chi connectivity index (χ4n) is 2.23. The summed E-state index contributed by atoms with van der Waals surface area (Å²) in [5.41, 5.74) is 7.82. The number of nitrogens with two attached hydrogens (primary N) is 1. The van der Waals surface area contributed by atoms with Gasteiger partial charge in [-0.1, -0.05) is 45.4 Å². The maximum atomic E-state index is 12.9. The summed E-state index contributed by atoms with van der Waals surface area (Å²) in [6.07, 6.45) is 0. The monoisotopic (exact) mass is 403 g/mol. The Morgan fingerprint density at radius 1 is 1.12 bits per heavy atom. The number of halogens is 2. The molecule has 0 aliphatic carbocycles. The van der Waals surface area contributed by atoms with Crippen molar-refractivity contribution in [3.8, 4) is 0 Å². The van der Waals surface area contributed by atoms with Crippen molar-refractivity contribution < 1.29 is 9.18 Å². The van der Waals surface area contributed by atoms with Gasteiger partial charge in [0.05, 0.1) is 6.54 Å². The quantitative estimate of drug-likeness (QED) is 0.685. The molecule has 2 aromatic carbocycles. The van der Waals surface area contributed by atoms with Crippen molar-refractivity contribution in [2.75, 3.05) is 5.73 Å². The fraction of sp³-hybridized carbons (Fsp3) is 0.118. The maximum Gasteiger partial charge on any atom is 0.275 e. The summed E-state index contributed by atoms with van der Waals surface area (Å²) in [6, 6.07) is 13.6. The van der Waals surface area contributed by atoms with Crippen molar-refractivity contribution in [3.05, 3.63) is 75.6 Å². The lowest BCUT2D eigenvalue weighted by molar-refractivity contribution is 0.0946. The normalized spacial score (nSPS) is 10.6. The van der Waals surface area contributed by atoms with E-state index in [2.05, 4.69) is 31.6 Å². The van der Waals surface area contributed by atoms with Gasteiger partial charge in [-0.2, -0.15) is 0 Å². The minimum Gasteiger partial charge on any atom is -0.382 e. The molecule has 0 spiro atoms. The molecule has 0 fully saturated rings. The van der Waals surface area contributed by atoms with Gasteiger partial charge in [0.1, 0.15) is 5.82 Å². The van der Waals surface area contributed by atoms with Crippen LogP contribution in [0.25, 0.3) is 0 Å². The second kappa shape index (κ2) is 7.43. The number of nitrogens with zero attached hydrogens (tertiary/aromatic N) is 3. The lowest BCUT2D eigenvalue weighted by atomic mass is 10.2. The first-order valence-corrected chi connectivity index (χ1v) is 8.28. The molecular formula is C17H15BrFN5O. The predicted molar refractivity (Wildman–Crippen MR) is 95.2 cm³/mol. The third-order valence-electron chi connectivity index (χ3n) is 3.60. The second-order valence-corrected chi connectivity index (χ2v) is 6.33. The van der Waals surface area contributed by atoms with E-state index in [9.17, 15) is 9.18 Å². The minimum atomic E-state index is -0.427. The summed E-state index contributed by atoms with van der Waals surface area (Å²) in [5.74, 6) is -0.557. The highest BCUT2D eigenvalue weighted by Gasteiger charge is 2.17. The van der Waals surface area contributed by atoms with Crippen LogP contribution in [0.15, 0.2) is 53.0 Å². The molecule has 25 heavy (non-hydrogen) atoms. The second-order valence-electron chi connectivity index (χ2n) is 5.42. The van der Waals surface area contributed by atoms with E-state index in [0.29, 0.717) is 6.54 Å². The lowest BCUT2D eigenvalue weighted by Crippen LogP contribution is -2.24. The van der Waals surface area contributed by atoms with Crippen LogP contribution < -0.4 is 11.1 Å². The number of hydrogen-bond acceptors (Lipinski definition) is 4. The summed E-state index contributed by atoms with van der Waals surface area (Å²) in [7, 11) is 0. The van der Waals surface area contributed by atoms with Crippen LogP contribution in [0.1, 0.15) is 21.6 Å². The van der Waals surface area contributed by atoms with Crippen LogP contribution in [0.2, 0.25) is 0 Å². The Bertz CT molecular complexity index is 877. The molecule has 1 heterocycles. The Morgan fingerprint density at radius 2 is 1.76 bits per heavy atom. The molecule has 0 bridgehead atoms. The van der Waals surface area contributed by atoms with Gasteiger partial charge in [0.25, 0.3) is 5.91 Å². The zero-order valence-electron chi connectivity index (χ0n) is 13.1. The molecule has 8 heteroatoms. The summed E-state index contributed by atoms with van der Waals surface area (Å²) in [5, 5.41) is 10.5. The number of benzene rings is 2. The van der Waals surface area contributed by atoms with Crippen molar-refractivity contribution in [2.45, 2.75) is 13.1 Å². The number of hydrogen-bond donors (Lipinski definition) is 2. The third-order valence-corrected chi connectivity index (χ3v) is 4.13. The Hall–Kier alpha value is -2.74. The zero-order chi connectivity index (χ0) is 17.8. The van der Waals surface area contributed by atoms with E-state index in [-0.39, 0.29) is 23.9 Å². The van der Waals surface area contributed by atoms with Crippen molar-refractivity contribution in [1.29, 1.82) is 0 Å². The van der Waals surface area contributed by atoms with Crippen molar-refractivity contribution >= 4 is 27.7 Å². The van der Waals surface area contributed by atoms with Crippen LogP contribution in [0.5, 0.6) is 0 Å². The van der Waals surface area contributed by atoms with Crippen molar-refractivity contribution in [1.82, 2.24) is 20.3 Å². The first-order chi connectivity index (χ1) is 12.0. The van der Waals surface area contributed by atoms with Gasteiger partial charge >= 0.3 is 0 Å². The van der Waals surface area contributed by atoms with Gasteiger partial charge in [-0.15, -0.1) is 5.10 Å². The number of carbonyl (C=O) groups excluding carboxylic acids is 1. The van der Waals surface area contributed by atoms with Gasteiger partial charge in [0, 0.05) is 11.0 Å². The highest BCUT2D eigenvalue weighted by Crippen LogP contribution is 2.14. The maximum absolute atomic E-state index is 12.9. The van der Waals surface area contributed by atoms with Crippen molar-refractivity contribution in [3.63, 3.8) is 0 Å². The number of carbonyl (C=O) groups is 1. The minimum absolute atomic E-state index is 0.0687. The molecule has 0 radical (unpaired) electrons. The number of rotatable bonds is 5.